The van der Waals surface area contributed by atoms with E-state index in [9.17, 15) is 14.4 Å². The molecule has 0 bridgehead atoms. The van der Waals surface area contributed by atoms with Gasteiger partial charge in [-0.05, 0) is 35.4 Å². The van der Waals surface area contributed by atoms with Crippen LogP contribution in [-0.4, -0.2) is 113 Å². The summed E-state index contributed by atoms with van der Waals surface area (Å²) in [5.41, 5.74) is 8.47. The number of nitrogens with two attached hydrogens (primary N) is 1. The predicted molar refractivity (Wildman–Crippen MR) is 173 cm³/mol. The number of nitrogens with zero attached hydrogens (tertiary/aromatic N) is 5. The van der Waals surface area contributed by atoms with Gasteiger partial charge in [0.25, 0.3) is 5.56 Å². The van der Waals surface area contributed by atoms with Gasteiger partial charge in [-0.25, -0.2) is 14.6 Å². The summed E-state index contributed by atoms with van der Waals surface area (Å²) in [7, 11) is 0. The van der Waals surface area contributed by atoms with E-state index in [4.69, 9.17) is 29.4 Å². The lowest BCUT2D eigenvalue weighted by Gasteiger charge is -2.26. The van der Waals surface area contributed by atoms with Gasteiger partial charge in [0.15, 0.2) is 11.2 Å². The number of imidazole rings is 1. The molecule has 2 aromatic carbocycles. The molecule has 2 fully saturated rings. The average Bonchev–Trinajstić information content (AvgIpc) is 3.52. The largest absolute Gasteiger partial charge is 0.459 e. The van der Waals surface area contributed by atoms with Gasteiger partial charge in [0, 0.05) is 39.3 Å². The molecule has 254 valence electrons. The van der Waals surface area contributed by atoms with E-state index in [-0.39, 0.29) is 37.1 Å². The van der Waals surface area contributed by atoms with Crippen LogP contribution in [0.3, 0.4) is 0 Å². The van der Waals surface area contributed by atoms with E-state index in [0.29, 0.717) is 37.6 Å². The van der Waals surface area contributed by atoms with Gasteiger partial charge in [0.05, 0.1) is 43.9 Å². The molecule has 48 heavy (non-hydrogen) atoms. The zero-order valence-electron chi connectivity index (χ0n) is 26.5. The summed E-state index contributed by atoms with van der Waals surface area (Å²) in [5.74, 6) is -1.16. The maximum atomic E-state index is 13.0. The van der Waals surface area contributed by atoms with Crippen molar-refractivity contribution in [3.05, 3.63) is 87.5 Å². The molecule has 2 aliphatic heterocycles. The summed E-state index contributed by atoms with van der Waals surface area (Å²) in [5, 5.41) is 0. The molecule has 2 aromatic heterocycles. The number of aromatic nitrogens is 4. The molecule has 2 aliphatic rings. The lowest BCUT2D eigenvalue weighted by Crippen LogP contribution is -2.35. The topological polar surface area (TPSA) is 176 Å². The number of carbonyl (C=O) groups excluding carboxylic acids is 2. The molecule has 0 atom stereocenters. The second kappa shape index (κ2) is 16.0. The first kappa shape index (κ1) is 33.2. The third kappa shape index (κ3) is 8.81. The number of rotatable bonds is 13. The van der Waals surface area contributed by atoms with Crippen LogP contribution < -0.4 is 11.3 Å². The molecule has 15 heteroatoms. The van der Waals surface area contributed by atoms with Crippen molar-refractivity contribution in [1.82, 2.24) is 29.3 Å². The van der Waals surface area contributed by atoms with Crippen molar-refractivity contribution in [2.24, 2.45) is 0 Å². The standard InChI is InChI=1S/C33H39N7O8/c34-33-36-29-28(30(41)37-33)35-21-40(29)22-48-27(19-46-31(42)25-5-1-23(2-6-25)17-38-9-13-44-14-10-38)20-47-32(43)26-7-3-24(4-8-26)18-39-11-15-45-16-12-39/h1-8,21,27H,9-20,22H2,(H3,34,36,37,41). The van der Waals surface area contributed by atoms with E-state index in [0.717, 1.165) is 50.4 Å². The van der Waals surface area contributed by atoms with Gasteiger partial charge in [-0.3, -0.25) is 24.1 Å². The van der Waals surface area contributed by atoms with Gasteiger partial charge in [0.2, 0.25) is 5.95 Å². The maximum Gasteiger partial charge on any atom is 0.338 e. The van der Waals surface area contributed by atoms with E-state index >= 15 is 0 Å². The molecule has 0 amide bonds. The molecular formula is C33H39N7O8. The fraction of sp³-hybridized carbons (Fsp3) is 0.424. The molecule has 4 heterocycles. The zero-order valence-corrected chi connectivity index (χ0v) is 26.5. The Hall–Kier alpha value is -4.67. The summed E-state index contributed by atoms with van der Waals surface area (Å²) < 4.78 is 29.5. The number of carbonyl (C=O) groups is 2. The van der Waals surface area contributed by atoms with E-state index in [2.05, 4.69) is 24.8 Å². The number of aromatic amines is 1. The molecule has 0 aliphatic carbocycles. The second-order valence-corrected chi connectivity index (χ2v) is 11.6. The van der Waals surface area contributed by atoms with Gasteiger partial charge < -0.3 is 29.4 Å². The van der Waals surface area contributed by atoms with Gasteiger partial charge in [-0.1, -0.05) is 24.3 Å². The normalized spacial score (nSPS) is 15.9. The molecule has 3 N–H and O–H groups in total. The Balaban J connectivity index is 1.07. The number of hydrogen-bond acceptors (Lipinski definition) is 13. The lowest BCUT2D eigenvalue weighted by atomic mass is 10.1. The van der Waals surface area contributed by atoms with Crippen LogP contribution in [0.2, 0.25) is 0 Å². The van der Waals surface area contributed by atoms with Crippen LogP contribution in [0.1, 0.15) is 31.8 Å². The van der Waals surface area contributed by atoms with Crippen LogP contribution in [0.15, 0.2) is 59.7 Å². The number of ether oxygens (including phenoxy) is 5. The lowest BCUT2D eigenvalue weighted by molar-refractivity contribution is -0.0616. The summed E-state index contributed by atoms with van der Waals surface area (Å²) in [4.78, 5) is 53.3. The number of nitrogen functional groups attached to an aromatic ring is 1. The van der Waals surface area contributed by atoms with Gasteiger partial charge >= 0.3 is 11.9 Å². The highest BCUT2D eigenvalue weighted by Crippen LogP contribution is 2.14. The number of morpholine rings is 2. The van der Waals surface area contributed by atoms with Crippen LogP contribution in [0.4, 0.5) is 5.95 Å². The van der Waals surface area contributed by atoms with Crippen molar-refractivity contribution in [1.29, 1.82) is 0 Å². The Morgan fingerprint density at radius 3 is 1.81 bits per heavy atom. The minimum Gasteiger partial charge on any atom is -0.459 e. The molecule has 0 unspecified atom stereocenters. The number of nitrogens with one attached hydrogen (secondary N) is 1. The van der Waals surface area contributed by atoms with Gasteiger partial charge in [-0.2, -0.15) is 4.98 Å². The highest BCUT2D eigenvalue weighted by molar-refractivity contribution is 5.90. The van der Waals surface area contributed by atoms with Gasteiger partial charge in [-0.15, -0.1) is 0 Å². The highest BCUT2D eigenvalue weighted by Gasteiger charge is 2.20. The van der Waals surface area contributed by atoms with Crippen LogP contribution in [0.5, 0.6) is 0 Å². The van der Waals surface area contributed by atoms with Crippen molar-refractivity contribution >= 4 is 29.1 Å². The monoisotopic (exact) mass is 661 g/mol. The Bertz CT molecular complexity index is 1650. The number of anilines is 1. The molecule has 0 saturated carbocycles. The van der Waals surface area contributed by atoms with E-state index in [1.54, 1.807) is 24.3 Å². The van der Waals surface area contributed by atoms with Crippen molar-refractivity contribution in [2.45, 2.75) is 25.9 Å². The molecule has 15 nitrogen and oxygen atoms in total. The summed E-state index contributed by atoms with van der Waals surface area (Å²) >= 11 is 0. The van der Waals surface area contributed by atoms with Gasteiger partial charge in [0.1, 0.15) is 26.0 Å². The molecule has 0 radical (unpaired) electrons. The molecular weight excluding hydrogens is 622 g/mol. The number of fused-ring (bicyclic) bond motifs is 1. The first-order chi connectivity index (χ1) is 23.4. The SMILES string of the molecule is Nc1nc2c(ncn2COC(COC(=O)c2ccc(CN3CCOCC3)cc2)COC(=O)c2ccc(CN3CCOCC3)cc2)c(=O)[nH]1. The Kier molecular flexibility index (Phi) is 11.0. The van der Waals surface area contributed by atoms with Crippen LogP contribution in [0, 0.1) is 0 Å². The molecule has 4 aromatic rings. The summed E-state index contributed by atoms with van der Waals surface area (Å²) in [6.07, 6.45) is 0.536. The van der Waals surface area contributed by atoms with Crippen molar-refractivity contribution < 1.29 is 33.3 Å². The molecule has 2 saturated heterocycles. The number of H-pyrrole nitrogens is 1. The number of hydrogen-bond donors (Lipinski definition) is 2. The summed E-state index contributed by atoms with van der Waals surface area (Å²) in [6.45, 7) is 7.32. The first-order valence-electron chi connectivity index (χ1n) is 15.9. The van der Waals surface area contributed by atoms with Crippen molar-refractivity contribution in [3.8, 4) is 0 Å². The third-order valence-electron chi connectivity index (χ3n) is 8.14. The van der Waals surface area contributed by atoms with Crippen molar-refractivity contribution in [2.75, 3.05) is 71.6 Å². The maximum absolute atomic E-state index is 13.0. The van der Waals surface area contributed by atoms with E-state index in [1.807, 2.05) is 24.3 Å². The smallest absolute Gasteiger partial charge is 0.338 e. The predicted octanol–water partition coefficient (Wildman–Crippen LogP) is 1.42. The Morgan fingerprint density at radius 1 is 0.812 bits per heavy atom. The second-order valence-electron chi connectivity index (χ2n) is 11.6. The molecule has 0 spiro atoms. The summed E-state index contributed by atoms with van der Waals surface area (Å²) in [6, 6.07) is 14.5. The van der Waals surface area contributed by atoms with Crippen molar-refractivity contribution in [3.63, 3.8) is 0 Å². The van der Waals surface area contributed by atoms with Crippen LogP contribution in [-0.2, 0) is 43.5 Å². The first-order valence-corrected chi connectivity index (χ1v) is 15.9. The Labute approximate surface area is 276 Å². The quantitative estimate of drug-likeness (QED) is 0.197. The number of esters is 2. The van der Waals surface area contributed by atoms with E-state index < -0.39 is 23.6 Å². The zero-order chi connectivity index (χ0) is 33.3. The van der Waals surface area contributed by atoms with E-state index in [1.165, 1.54) is 10.9 Å². The fourth-order valence-corrected chi connectivity index (χ4v) is 5.43. The highest BCUT2D eigenvalue weighted by atomic mass is 16.6. The third-order valence-corrected chi connectivity index (χ3v) is 8.14. The Morgan fingerprint density at radius 2 is 1.31 bits per heavy atom. The average molecular weight is 662 g/mol. The molecule has 6 rings (SSSR count). The van der Waals surface area contributed by atoms with Crippen LogP contribution >= 0.6 is 0 Å². The van der Waals surface area contributed by atoms with Crippen LogP contribution in [0.25, 0.3) is 11.2 Å². The number of benzene rings is 2. The fourth-order valence-electron chi connectivity index (χ4n) is 5.43. The minimum atomic E-state index is -0.851. The minimum absolute atomic E-state index is 0.0689.